The fourth-order valence-corrected chi connectivity index (χ4v) is 2.04. The first-order valence-corrected chi connectivity index (χ1v) is 6.59. The van der Waals surface area contributed by atoms with Crippen molar-refractivity contribution < 1.29 is 9.84 Å². The van der Waals surface area contributed by atoms with Crippen molar-refractivity contribution in [2.24, 2.45) is 11.7 Å². The molecule has 1 saturated carbocycles. The average Bonchev–Trinajstić information content (AvgIpc) is 3.10. The minimum atomic E-state index is -0.417. The zero-order valence-corrected chi connectivity index (χ0v) is 12.6. The predicted molar refractivity (Wildman–Crippen MR) is 79.7 cm³/mol. The Hall–Kier alpha value is -0.770. The van der Waals surface area contributed by atoms with Crippen LogP contribution in [0, 0.1) is 5.92 Å². The molecule has 1 aliphatic carbocycles. The van der Waals surface area contributed by atoms with Crippen LogP contribution >= 0.6 is 12.4 Å². The molecule has 4 heteroatoms. The Balaban J connectivity index is 0.00000180. The fourth-order valence-electron chi connectivity index (χ4n) is 2.04. The molecule has 1 aliphatic rings. The standard InChI is InChI=1S/C15H23NO2.ClH/c1-15(2,3)18-12-8-6-10(7-9-12)13(16)14(17)11-4-5-11;/h6-9,11,13-14,17H,4-5,16H2,1-3H3;1H/t13-,14+;/m0./s1. The number of nitrogens with two attached hydrogens (primary N) is 1. The van der Waals surface area contributed by atoms with E-state index in [-0.39, 0.29) is 24.0 Å². The molecule has 1 aromatic rings. The lowest BCUT2D eigenvalue weighted by Crippen LogP contribution is -2.28. The molecule has 0 amide bonds. The molecule has 0 unspecified atom stereocenters. The predicted octanol–water partition coefficient (Wildman–Crippen LogP) is 3.06. The van der Waals surface area contributed by atoms with E-state index in [0.717, 1.165) is 24.2 Å². The van der Waals surface area contributed by atoms with Gasteiger partial charge in [0.05, 0.1) is 12.1 Å². The summed E-state index contributed by atoms with van der Waals surface area (Å²) in [7, 11) is 0. The Morgan fingerprint density at radius 3 is 2.16 bits per heavy atom. The number of hydrogen-bond donors (Lipinski definition) is 2. The molecule has 3 N–H and O–H groups in total. The maximum absolute atomic E-state index is 10.0. The first-order valence-electron chi connectivity index (χ1n) is 6.59. The maximum atomic E-state index is 10.0. The largest absolute Gasteiger partial charge is 0.488 e. The van der Waals surface area contributed by atoms with Gasteiger partial charge in [0.2, 0.25) is 0 Å². The lowest BCUT2D eigenvalue weighted by atomic mass is 9.99. The molecule has 0 spiro atoms. The monoisotopic (exact) mass is 285 g/mol. The van der Waals surface area contributed by atoms with E-state index in [9.17, 15) is 5.11 Å². The van der Waals surface area contributed by atoms with Gasteiger partial charge in [-0.1, -0.05) is 12.1 Å². The number of hydrogen-bond acceptors (Lipinski definition) is 3. The highest BCUT2D eigenvalue weighted by atomic mass is 35.5. The van der Waals surface area contributed by atoms with Crippen LogP contribution in [0.2, 0.25) is 0 Å². The normalized spacial score (nSPS) is 18.4. The van der Waals surface area contributed by atoms with Gasteiger partial charge in [0, 0.05) is 0 Å². The smallest absolute Gasteiger partial charge is 0.120 e. The average molecular weight is 286 g/mol. The minimum Gasteiger partial charge on any atom is -0.488 e. The molecule has 0 aromatic heterocycles. The molecule has 0 aliphatic heterocycles. The summed E-state index contributed by atoms with van der Waals surface area (Å²) in [6.45, 7) is 6.05. The first kappa shape index (κ1) is 16.3. The Labute approximate surface area is 121 Å². The summed E-state index contributed by atoms with van der Waals surface area (Å²) in [6, 6.07) is 7.43. The van der Waals surface area contributed by atoms with Gasteiger partial charge in [-0.2, -0.15) is 0 Å². The van der Waals surface area contributed by atoms with E-state index in [4.69, 9.17) is 10.5 Å². The highest BCUT2D eigenvalue weighted by Gasteiger charge is 2.34. The van der Waals surface area contributed by atoms with Gasteiger partial charge in [-0.25, -0.2) is 0 Å². The third kappa shape index (κ3) is 4.68. The van der Waals surface area contributed by atoms with Crippen molar-refractivity contribution in [2.45, 2.75) is 51.4 Å². The van der Waals surface area contributed by atoms with Gasteiger partial charge in [-0.3, -0.25) is 0 Å². The number of rotatable bonds is 4. The number of ether oxygens (including phenoxy) is 1. The van der Waals surface area contributed by atoms with Crippen LogP contribution in [0.5, 0.6) is 5.75 Å². The summed E-state index contributed by atoms with van der Waals surface area (Å²) in [5.41, 5.74) is 6.84. The Kier molecular flexibility index (Phi) is 5.25. The molecule has 0 bridgehead atoms. The van der Waals surface area contributed by atoms with Crippen LogP contribution in [-0.2, 0) is 0 Å². The van der Waals surface area contributed by atoms with Crippen molar-refractivity contribution >= 4 is 12.4 Å². The lowest BCUT2D eigenvalue weighted by molar-refractivity contribution is 0.121. The van der Waals surface area contributed by atoms with Crippen molar-refractivity contribution in [1.82, 2.24) is 0 Å². The van der Waals surface area contributed by atoms with Crippen LogP contribution in [0.1, 0.15) is 45.2 Å². The zero-order chi connectivity index (χ0) is 13.3. The van der Waals surface area contributed by atoms with E-state index in [2.05, 4.69) is 0 Å². The van der Waals surface area contributed by atoms with Crippen LogP contribution in [0.25, 0.3) is 0 Å². The molecule has 1 fully saturated rings. The number of aliphatic hydroxyl groups is 1. The second kappa shape index (κ2) is 6.12. The molecule has 0 radical (unpaired) electrons. The maximum Gasteiger partial charge on any atom is 0.120 e. The SMILES string of the molecule is CC(C)(C)Oc1ccc([C@H](N)[C@H](O)C2CC2)cc1.Cl. The van der Waals surface area contributed by atoms with Gasteiger partial charge < -0.3 is 15.6 Å². The van der Waals surface area contributed by atoms with E-state index in [1.807, 2.05) is 45.0 Å². The van der Waals surface area contributed by atoms with Crippen LogP contribution in [0.15, 0.2) is 24.3 Å². The van der Waals surface area contributed by atoms with Crippen molar-refractivity contribution in [3.05, 3.63) is 29.8 Å². The van der Waals surface area contributed by atoms with E-state index in [1.165, 1.54) is 0 Å². The molecular formula is C15H24ClNO2. The summed E-state index contributed by atoms with van der Waals surface area (Å²) in [5.74, 6) is 1.23. The van der Waals surface area contributed by atoms with Crippen LogP contribution < -0.4 is 10.5 Å². The van der Waals surface area contributed by atoms with Gasteiger partial charge in [-0.05, 0) is 57.2 Å². The lowest BCUT2D eigenvalue weighted by Gasteiger charge is -2.22. The second-order valence-electron chi connectivity index (χ2n) is 6.14. The molecule has 1 aromatic carbocycles. The molecule has 108 valence electrons. The Bertz CT molecular complexity index is 396. The highest BCUT2D eigenvalue weighted by Crippen LogP contribution is 2.37. The molecule has 2 atom stereocenters. The van der Waals surface area contributed by atoms with Gasteiger partial charge in [0.25, 0.3) is 0 Å². The summed E-state index contributed by atoms with van der Waals surface area (Å²) in [5, 5.41) is 10.0. The summed E-state index contributed by atoms with van der Waals surface area (Å²) >= 11 is 0. The molecular weight excluding hydrogens is 262 g/mol. The minimum absolute atomic E-state index is 0. The zero-order valence-electron chi connectivity index (χ0n) is 11.8. The second-order valence-corrected chi connectivity index (χ2v) is 6.14. The topological polar surface area (TPSA) is 55.5 Å². The number of halogens is 1. The molecule has 19 heavy (non-hydrogen) atoms. The van der Waals surface area contributed by atoms with Crippen molar-refractivity contribution in [1.29, 1.82) is 0 Å². The van der Waals surface area contributed by atoms with Crippen molar-refractivity contribution in [3.63, 3.8) is 0 Å². The fraction of sp³-hybridized carbons (Fsp3) is 0.600. The summed E-state index contributed by atoms with van der Waals surface area (Å²) in [4.78, 5) is 0. The summed E-state index contributed by atoms with van der Waals surface area (Å²) < 4.78 is 5.75. The number of benzene rings is 1. The number of aliphatic hydroxyl groups excluding tert-OH is 1. The third-order valence-electron chi connectivity index (χ3n) is 3.16. The highest BCUT2D eigenvalue weighted by molar-refractivity contribution is 5.85. The quantitative estimate of drug-likeness (QED) is 0.894. The van der Waals surface area contributed by atoms with Crippen LogP contribution in [-0.4, -0.2) is 16.8 Å². The van der Waals surface area contributed by atoms with E-state index < -0.39 is 6.10 Å². The van der Waals surface area contributed by atoms with E-state index in [0.29, 0.717) is 5.92 Å². The van der Waals surface area contributed by atoms with Gasteiger partial charge >= 0.3 is 0 Å². The van der Waals surface area contributed by atoms with Gasteiger partial charge in [-0.15, -0.1) is 12.4 Å². The molecule has 0 heterocycles. The van der Waals surface area contributed by atoms with Gasteiger partial charge in [0.1, 0.15) is 11.4 Å². The van der Waals surface area contributed by atoms with Crippen LogP contribution in [0.4, 0.5) is 0 Å². The van der Waals surface area contributed by atoms with Crippen LogP contribution in [0.3, 0.4) is 0 Å². The summed E-state index contributed by atoms with van der Waals surface area (Å²) in [6.07, 6.45) is 1.78. The van der Waals surface area contributed by atoms with Crippen molar-refractivity contribution in [3.8, 4) is 5.75 Å². The molecule has 2 rings (SSSR count). The molecule has 0 saturated heterocycles. The first-order chi connectivity index (χ1) is 8.37. The molecule has 3 nitrogen and oxygen atoms in total. The third-order valence-corrected chi connectivity index (χ3v) is 3.16. The Morgan fingerprint density at radius 2 is 1.74 bits per heavy atom. The Morgan fingerprint density at radius 1 is 1.21 bits per heavy atom. The van der Waals surface area contributed by atoms with Crippen molar-refractivity contribution in [2.75, 3.05) is 0 Å². The van der Waals surface area contributed by atoms with Gasteiger partial charge in [0.15, 0.2) is 0 Å². The van der Waals surface area contributed by atoms with E-state index in [1.54, 1.807) is 0 Å². The van der Waals surface area contributed by atoms with E-state index >= 15 is 0 Å².